The Labute approximate surface area is 111 Å². The first-order valence-corrected chi connectivity index (χ1v) is 6.16. The molecule has 0 aliphatic heterocycles. The maximum atomic E-state index is 10.9. The first-order chi connectivity index (χ1) is 9.20. The van der Waals surface area contributed by atoms with E-state index in [-0.39, 0.29) is 11.5 Å². The van der Waals surface area contributed by atoms with Crippen LogP contribution in [-0.2, 0) is 6.42 Å². The summed E-state index contributed by atoms with van der Waals surface area (Å²) < 4.78 is 0. The van der Waals surface area contributed by atoms with Gasteiger partial charge >= 0.3 is 5.69 Å². The zero-order valence-corrected chi connectivity index (χ0v) is 10.7. The molecule has 0 aliphatic rings. The molecule has 98 valence electrons. The molecule has 19 heavy (non-hydrogen) atoms. The fraction of sp³-hybridized carbons (Fsp3) is 0.214. The third-order valence-corrected chi connectivity index (χ3v) is 2.74. The highest BCUT2D eigenvalue weighted by molar-refractivity contribution is 5.65. The van der Waals surface area contributed by atoms with Crippen LogP contribution in [0.4, 0.5) is 17.2 Å². The number of hydrogen-bond donors (Lipinski definition) is 1. The minimum atomic E-state index is -0.444. The fourth-order valence-corrected chi connectivity index (χ4v) is 1.82. The minimum absolute atomic E-state index is 0.0277. The molecule has 1 N–H and O–H groups in total. The van der Waals surface area contributed by atoms with Gasteiger partial charge in [0.25, 0.3) is 0 Å². The second kappa shape index (κ2) is 5.95. The van der Waals surface area contributed by atoms with Gasteiger partial charge in [-0.3, -0.25) is 10.1 Å². The van der Waals surface area contributed by atoms with E-state index in [9.17, 15) is 10.1 Å². The number of aryl methyl sites for hydroxylation is 1. The standard InChI is InChI=1S/C14H15N3O2/c1-2-4-11-6-8-12(9-7-11)16-14-13(17(18)19)5-3-10-15-14/h3,5-10H,2,4H2,1H3,(H,15,16). The van der Waals surface area contributed by atoms with Gasteiger partial charge in [-0.1, -0.05) is 25.5 Å². The third-order valence-electron chi connectivity index (χ3n) is 2.74. The molecule has 0 unspecified atom stereocenters. The molecule has 0 saturated heterocycles. The summed E-state index contributed by atoms with van der Waals surface area (Å²) in [5, 5.41) is 13.8. The van der Waals surface area contributed by atoms with Crippen LogP contribution >= 0.6 is 0 Å². The molecule has 0 fully saturated rings. The SMILES string of the molecule is CCCc1ccc(Nc2ncccc2[N+](=O)[O-])cc1. The Kier molecular flexibility index (Phi) is 4.07. The smallest absolute Gasteiger partial charge is 0.311 e. The van der Waals surface area contributed by atoms with Gasteiger partial charge in [0, 0.05) is 18.0 Å². The zero-order chi connectivity index (χ0) is 13.7. The predicted molar refractivity (Wildman–Crippen MR) is 74.6 cm³/mol. The molecule has 1 aromatic carbocycles. The van der Waals surface area contributed by atoms with Crippen molar-refractivity contribution < 1.29 is 4.92 Å². The molecule has 0 atom stereocenters. The molecule has 1 aromatic heterocycles. The van der Waals surface area contributed by atoms with Crippen LogP contribution in [0, 0.1) is 10.1 Å². The van der Waals surface area contributed by atoms with Gasteiger partial charge in [0.1, 0.15) is 0 Å². The molecular weight excluding hydrogens is 242 g/mol. The van der Waals surface area contributed by atoms with Crippen molar-refractivity contribution in [1.29, 1.82) is 0 Å². The summed E-state index contributed by atoms with van der Waals surface area (Å²) in [6.07, 6.45) is 3.66. The topological polar surface area (TPSA) is 68.1 Å². The summed E-state index contributed by atoms with van der Waals surface area (Å²) in [6.45, 7) is 2.13. The van der Waals surface area contributed by atoms with Gasteiger partial charge in [0.15, 0.2) is 0 Å². The number of rotatable bonds is 5. The molecule has 0 radical (unpaired) electrons. The van der Waals surface area contributed by atoms with Gasteiger partial charge < -0.3 is 5.32 Å². The fourth-order valence-electron chi connectivity index (χ4n) is 1.82. The van der Waals surface area contributed by atoms with Gasteiger partial charge in [-0.2, -0.15) is 0 Å². The summed E-state index contributed by atoms with van der Waals surface area (Å²) in [5.41, 5.74) is 2.02. The van der Waals surface area contributed by atoms with Crippen LogP contribution in [0.1, 0.15) is 18.9 Å². The van der Waals surface area contributed by atoms with E-state index in [1.807, 2.05) is 24.3 Å². The Balaban J connectivity index is 2.19. The van der Waals surface area contributed by atoms with E-state index in [1.54, 1.807) is 6.07 Å². The largest absolute Gasteiger partial charge is 0.334 e. The van der Waals surface area contributed by atoms with Crippen LogP contribution in [0.3, 0.4) is 0 Å². The normalized spacial score (nSPS) is 10.2. The Bertz CT molecular complexity index is 567. The van der Waals surface area contributed by atoms with Crippen LogP contribution in [0.5, 0.6) is 0 Å². The van der Waals surface area contributed by atoms with Crippen LogP contribution in [-0.4, -0.2) is 9.91 Å². The number of nitrogens with one attached hydrogen (secondary N) is 1. The Hall–Kier alpha value is -2.43. The van der Waals surface area contributed by atoms with E-state index in [4.69, 9.17) is 0 Å². The van der Waals surface area contributed by atoms with Crippen molar-refractivity contribution in [2.45, 2.75) is 19.8 Å². The minimum Gasteiger partial charge on any atom is -0.334 e. The molecular formula is C14H15N3O2. The van der Waals surface area contributed by atoms with Crippen molar-refractivity contribution >= 4 is 17.2 Å². The number of hydrogen-bond acceptors (Lipinski definition) is 4. The molecule has 0 bridgehead atoms. The monoisotopic (exact) mass is 257 g/mol. The first-order valence-electron chi connectivity index (χ1n) is 6.16. The van der Waals surface area contributed by atoms with E-state index >= 15 is 0 Å². The van der Waals surface area contributed by atoms with Crippen molar-refractivity contribution in [2.24, 2.45) is 0 Å². The highest BCUT2D eigenvalue weighted by Crippen LogP contribution is 2.24. The number of pyridine rings is 1. The van der Waals surface area contributed by atoms with Gasteiger partial charge in [-0.15, -0.1) is 0 Å². The van der Waals surface area contributed by atoms with Crippen LogP contribution in [0.25, 0.3) is 0 Å². The number of anilines is 2. The number of aromatic nitrogens is 1. The van der Waals surface area contributed by atoms with E-state index in [0.29, 0.717) is 0 Å². The van der Waals surface area contributed by atoms with E-state index in [1.165, 1.54) is 17.8 Å². The number of benzene rings is 1. The summed E-state index contributed by atoms with van der Waals surface area (Å²) in [6, 6.07) is 10.8. The van der Waals surface area contributed by atoms with Gasteiger partial charge in [0.05, 0.1) is 4.92 Å². The van der Waals surface area contributed by atoms with Crippen molar-refractivity contribution in [3.63, 3.8) is 0 Å². The second-order valence-electron chi connectivity index (χ2n) is 4.20. The van der Waals surface area contributed by atoms with Crippen LogP contribution < -0.4 is 5.32 Å². The van der Waals surface area contributed by atoms with E-state index in [0.717, 1.165) is 18.5 Å². The number of nitro groups is 1. The Morgan fingerprint density at radius 1 is 1.26 bits per heavy atom. The second-order valence-corrected chi connectivity index (χ2v) is 4.20. The lowest BCUT2D eigenvalue weighted by Crippen LogP contribution is -1.99. The molecule has 2 aromatic rings. The molecule has 2 rings (SSSR count). The maximum absolute atomic E-state index is 10.9. The maximum Gasteiger partial charge on any atom is 0.311 e. The quantitative estimate of drug-likeness (QED) is 0.655. The van der Waals surface area contributed by atoms with Crippen molar-refractivity contribution in [2.75, 3.05) is 5.32 Å². The molecule has 0 aliphatic carbocycles. The summed E-state index contributed by atoms with van der Waals surface area (Å²) in [4.78, 5) is 14.4. The summed E-state index contributed by atoms with van der Waals surface area (Å²) >= 11 is 0. The first kappa shape index (κ1) is 13.0. The lowest BCUT2D eigenvalue weighted by Gasteiger charge is -2.06. The zero-order valence-electron chi connectivity index (χ0n) is 10.7. The Morgan fingerprint density at radius 2 is 2.00 bits per heavy atom. The van der Waals surface area contributed by atoms with Crippen LogP contribution in [0.15, 0.2) is 42.6 Å². The summed E-state index contributed by atoms with van der Waals surface area (Å²) in [5.74, 6) is 0.260. The average molecular weight is 257 g/mol. The molecule has 1 heterocycles. The summed E-state index contributed by atoms with van der Waals surface area (Å²) in [7, 11) is 0. The molecule has 5 heteroatoms. The number of nitrogens with zero attached hydrogens (tertiary/aromatic N) is 2. The van der Waals surface area contributed by atoms with Crippen molar-refractivity contribution in [3.8, 4) is 0 Å². The predicted octanol–water partition coefficient (Wildman–Crippen LogP) is 3.69. The van der Waals surface area contributed by atoms with Crippen molar-refractivity contribution in [3.05, 3.63) is 58.3 Å². The lowest BCUT2D eigenvalue weighted by atomic mass is 10.1. The third kappa shape index (κ3) is 3.28. The average Bonchev–Trinajstić information content (AvgIpc) is 2.42. The van der Waals surface area contributed by atoms with Gasteiger partial charge in [0.2, 0.25) is 5.82 Å². The lowest BCUT2D eigenvalue weighted by molar-refractivity contribution is -0.384. The highest BCUT2D eigenvalue weighted by Gasteiger charge is 2.13. The molecule has 0 spiro atoms. The van der Waals surface area contributed by atoms with Gasteiger partial charge in [-0.05, 0) is 30.2 Å². The molecule has 5 nitrogen and oxygen atoms in total. The van der Waals surface area contributed by atoms with Gasteiger partial charge in [-0.25, -0.2) is 4.98 Å². The molecule has 0 saturated carbocycles. The highest BCUT2D eigenvalue weighted by atomic mass is 16.6. The molecule has 0 amide bonds. The van der Waals surface area contributed by atoms with Crippen LogP contribution in [0.2, 0.25) is 0 Å². The van der Waals surface area contributed by atoms with E-state index in [2.05, 4.69) is 17.2 Å². The van der Waals surface area contributed by atoms with E-state index < -0.39 is 4.92 Å². The van der Waals surface area contributed by atoms with Crippen molar-refractivity contribution in [1.82, 2.24) is 4.98 Å². The Morgan fingerprint density at radius 3 is 2.63 bits per heavy atom.